The third-order valence-electron chi connectivity index (χ3n) is 2.93. The number of carbonyl (C=O) groups is 2. The Morgan fingerprint density at radius 3 is 2.76 bits per heavy atom. The Kier molecular flexibility index (Phi) is 4.91. The van der Waals surface area contributed by atoms with Crippen molar-refractivity contribution in [1.82, 2.24) is 10.2 Å². The van der Waals surface area contributed by atoms with Gasteiger partial charge >= 0.3 is 5.97 Å². The predicted molar refractivity (Wildman–Crippen MR) is 60.0 cm³/mol. The molecule has 1 aliphatic heterocycles. The van der Waals surface area contributed by atoms with E-state index in [1.165, 1.54) is 0 Å². The molecule has 0 aromatic carbocycles. The first-order chi connectivity index (χ1) is 8.04. The molecule has 1 fully saturated rings. The van der Waals surface area contributed by atoms with Gasteiger partial charge in [-0.1, -0.05) is 6.92 Å². The van der Waals surface area contributed by atoms with E-state index in [-0.39, 0.29) is 24.3 Å². The van der Waals surface area contributed by atoms with Gasteiger partial charge in [-0.2, -0.15) is 5.26 Å². The summed E-state index contributed by atoms with van der Waals surface area (Å²) in [5.74, 6) is -1.27. The Morgan fingerprint density at radius 2 is 2.24 bits per heavy atom. The Bertz CT molecular complexity index is 337. The molecule has 1 amide bonds. The van der Waals surface area contributed by atoms with Gasteiger partial charge in [0.25, 0.3) is 0 Å². The largest absolute Gasteiger partial charge is 0.481 e. The Hall–Kier alpha value is -1.61. The smallest absolute Gasteiger partial charge is 0.308 e. The number of carboxylic acid groups (broad SMARTS) is 1. The summed E-state index contributed by atoms with van der Waals surface area (Å²) in [5.41, 5.74) is 0. The standard InChI is InChI=1S/C11H17N3O3/c1-8-5-14(6-9(8)11(16)17)7-10(15)13-4-2-3-12/h8-9H,2,4-7H2,1H3,(H,13,15)(H,16,17). The van der Waals surface area contributed by atoms with Crippen LogP contribution < -0.4 is 5.32 Å². The number of carboxylic acids is 1. The first kappa shape index (κ1) is 13.5. The Balaban J connectivity index is 2.32. The minimum Gasteiger partial charge on any atom is -0.481 e. The first-order valence-electron chi connectivity index (χ1n) is 5.63. The molecule has 1 saturated heterocycles. The topological polar surface area (TPSA) is 93.4 Å². The molecular formula is C11H17N3O3. The van der Waals surface area contributed by atoms with Crippen molar-refractivity contribution >= 4 is 11.9 Å². The van der Waals surface area contributed by atoms with Gasteiger partial charge in [0, 0.05) is 19.6 Å². The van der Waals surface area contributed by atoms with Gasteiger partial charge in [-0.25, -0.2) is 0 Å². The number of aliphatic carboxylic acids is 1. The monoisotopic (exact) mass is 239 g/mol. The number of hydrogen-bond acceptors (Lipinski definition) is 4. The molecular weight excluding hydrogens is 222 g/mol. The molecule has 0 aliphatic carbocycles. The van der Waals surface area contributed by atoms with Crippen LogP contribution in [0.3, 0.4) is 0 Å². The van der Waals surface area contributed by atoms with E-state index in [1.54, 1.807) is 0 Å². The molecule has 6 heteroatoms. The molecule has 2 unspecified atom stereocenters. The van der Waals surface area contributed by atoms with Crippen LogP contribution in [0.25, 0.3) is 0 Å². The van der Waals surface area contributed by atoms with Gasteiger partial charge in [0.15, 0.2) is 0 Å². The van der Waals surface area contributed by atoms with E-state index in [4.69, 9.17) is 10.4 Å². The molecule has 0 aromatic rings. The normalized spacial score (nSPS) is 24.2. The molecule has 1 rings (SSSR count). The van der Waals surface area contributed by atoms with Crippen LogP contribution in [-0.4, -0.2) is 48.1 Å². The van der Waals surface area contributed by atoms with Crippen molar-refractivity contribution < 1.29 is 14.7 Å². The minimum atomic E-state index is -0.801. The quantitative estimate of drug-likeness (QED) is 0.641. The van der Waals surface area contributed by atoms with Crippen molar-refractivity contribution in [2.24, 2.45) is 11.8 Å². The molecule has 0 bridgehead atoms. The van der Waals surface area contributed by atoms with E-state index in [0.717, 1.165) is 0 Å². The van der Waals surface area contributed by atoms with Crippen LogP contribution in [-0.2, 0) is 9.59 Å². The molecule has 94 valence electrons. The molecule has 1 aliphatic rings. The van der Waals surface area contributed by atoms with Crippen LogP contribution in [0.1, 0.15) is 13.3 Å². The zero-order valence-corrected chi connectivity index (χ0v) is 9.85. The van der Waals surface area contributed by atoms with Crippen molar-refractivity contribution in [1.29, 1.82) is 5.26 Å². The average Bonchev–Trinajstić information content (AvgIpc) is 2.60. The summed E-state index contributed by atoms with van der Waals surface area (Å²) < 4.78 is 0. The third kappa shape index (κ3) is 4.04. The number of likely N-dealkylation sites (tertiary alicyclic amines) is 1. The van der Waals surface area contributed by atoms with Gasteiger partial charge in [-0.15, -0.1) is 0 Å². The summed E-state index contributed by atoms with van der Waals surface area (Å²) in [7, 11) is 0. The van der Waals surface area contributed by atoms with Gasteiger partial charge in [0.05, 0.1) is 25.0 Å². The maximum Gasteiger partial charge on any atom is 0.308 e. The van der Waals surface area contributed by atoms with Gasteiger partial charge in [-0.3, -0.25) is 14.5 Å². The van der Waals surface area contributed by atoms with Gasteiger partial charge < -0.3 is 10.4 Å². The molecule has 17 heavy (non-hydrogen) atoms. The van der Waals surface area contributed by atoms with Crippen molar-refractivity contribution in [2.45, 2.75) is 13.3 Å². The second-order valence-electron chi connectivity index (χ2n) is 4.37. The van der Waals surface area contributed by atoms with E-state index in [9.17, 15) is 9.59 Å². The molecule has 0 aromatic heterocycles. The molecule has 0 saturated carbocycles. The lowest BCUT2D eigenvalue weighted by atomic mass is 9.99. The number of carbonyl (C=O) groups excluding carboxylic acids is 1. The predicted octanol–water partition coefficient (Wildman–Crippen LogP) is -0.331. The van der Waals surface area contributed by atoms with Crippen LogP contribution in [0.5, 0.6) is 0 Å². The van der Waals surface area contributed by atoms with Gasteiger partial charge in [0.2, 0.25) is 5.91 Å². The van der Waals surface area contributed by atoms with Gasteiger partial charge in [0.1, 0.15) is 0 Å². The van der Waals surface area contributed by atoms with E-state index >= 15 is 0 Å². The number of hydrogen-bond donors (Lipinski definition) is 2. The van der Waals surface area contributed by atoms with E-state index in [1.807, 2.05) is 17.9 Å². The van der Waals surface area contributed by atoms with Crippen LogP contribution in [0.4, 0.5) is 0 Å². The number of nitriles is 1. The molecule has 2 atom stereocenters. The molecule has 6 nitrogen and oxygen atoms in total. The molecule has 0 radical (unpaired) electrons. The summed E-state index contributed by atoms with van der Waals surface area (Å²) in [6.07, 6.45) is 0.292. The van der Waals surface area contributed by atoms with Crippen molar-refractivity contribution in [3.05, 3.63) is 0 Å². The second-order valence-corrected chi connectivity index (χ2v) is 4.37. The highest BCUT2D eigenvalue weighted by atomic mass is 16.4. The van der Waals surface area contributed by atoms with E-state index in [2.05, 4.69) is 5.32 Å². The zero-order chi connectivity index (χ0) is 12.8. The lowest BCUT2D eigenvalue weighted by molar-refractivity contribution is -0.142. The summed E-state index contributed by atoms with van der Waals surface area (Å²) in [4.78, 5) is 24.2. The highest BCUT2D eigenvalue weighted by Crippen LogP contribution is 2.22. The second kappa shape index (κ2) is 6.21. The van der Waals surface area contributed by atoms with Gasteiger partial charge in [-0.05, 0) is 5.92 Å². The maximum absolute atomic E-state index is 11.4. The third-order valence-corrected chi connectivity index (χ3v) is 2.93. The van der Waals surface area contributed by atoms with E-state index < -0.39 is 5.97 Å². The Morgan fingerprint density at radius 1 is 1.53 bits per heavy atom. The maximum atomic E-state index is 11.4. The van der Waals surface area contributed by atoms with Crippen molar-refractivity contribution in [3.63, 3.8) is 0 Å². The number of amides is 1. The molecule has 2 N–H and O–H groups in total. The lowest BCUT2D eigenvalue weighted by Crippen LogP contribution is -2.36. The SMILES string of the molecule is CC1CN(CC(=O)NCCC#N)CC1C(=O)O. The highest BCUT2D eigenvalue weighted by Gasteiger charge is 2.35. The van der Waals surface area contributed by atoms with Crippen LogP contribution in [0, 0.1) is 23.2 Å². The number of nitrogens with one attached hydrogen (secondary N) is 1. The van der Waals surface area contributed by atoms with E-state index in [0.29, 0.717) is 26.1 Å². The number of nitrogens with zero attached hydrogens (tertiary/aromatic N) is 2. The summed E-state index contributed by atoms with van der Waals surface area (Å²) >= 11 is 0. The average molecular weight is 239 g/mol. The first-order valence-corrected chi connectivity index (χ1v) is 5.63. The van der Waals surface area contributed by atoms with Crippen molar-refractivity contribution in [3.8, 4) is 6.07 Å². The lowest BCUT2D eigenvalue weighted by Gasteiger charge is -2.14. The highest BCUT2D eigenvalue weighted by molar-refractivity contribution is 5.78. The fraction of sp³-hybridized carbons (Fsp3) is 0.727. The fourth-order valence-corrected chi connectivity index (χ4v) is 2.03. The summed E-state index contributed by atoms with van der Waals surface area (Å²) in [6, 6.07) is 1.94. The molecule has 1 heterocycles. The fourth-order valence-electron chi connectivity index (χ4n) is 2.03. The van der Waals surface area contributed by atoms with Crippen molar-refractivity contribution in [2.75, 3.05) is 26.2 Å². The van der Waals surface area contributed by atoms with Crippen LogP contribution >= 0.6 is 0 Å². The summed E-state index contributed by atoms with van der Waals surface area (Å²) in [5, 5.41) is 19.9. The minimum absolute atomic E-state index is 0.0689. The van der Waals surface area contributed by atoms with Crippen LogP contribution in [0.2, 0.25) is 0 Å². The Labute approximate surface area is 100 Å². The zero-order valence-electron chi connectivity index (χ0n) is 9.85. The number of rotatable bonds is 5. The van der Waals surface area contributed by atoms with Crippen LogP contribution in [0.15, 0.2) is 0 Å². The molecule has 0 spiro atoms. The summed E-state index contributed by atoms with van der Waals surface area (Å²) in [6.45, 7) is 3.48.